The van der Waals surface area contributed by atoms with E-state index in [1.807, 2.05) is 45.0 Å². The van der Waals surface area contributed by atoms with E-state index in [9.17, 15) is 4.79 Å². The highest BCUT2D eigenvalue weighted by Crippen LogP contribution is 2.13. The number of carbonyl (C=O) groups is 1. The van der Waals surface area contributed by atoms with Crippen LogP contribution in [0.1, 0.15) is 32.4 Å². The summed E-state index contributed by atoms with van der Waals surface area (Å²) >= 11 is 0. The topological polar surface area (TPSA) is 67.2 Å². The molecule has 1 aromatic carbocycles. The van der Waals surface area contributed by atoms with Crippen LogP contribution in [0.5, 0.6) is 0 Å². The van der Waals surface area contributed by atoms with Crippen molar-refractivity contribution in [1.29, 1.82) is 0 Å². The van der Waals surface area contributed by atoms with Crippen molar-refractivity contribution in [2.75, 3.05) is 5.73 Å². The number of nitrogen functional groups attached to an aromatic ring is 1. The number of hydrogen-bond donors (Lipinski definition) is 3. The lowest BCUT2D eigenvalue weighted by atomic mass is 10.1. The molecule has 0 aromatic heterocycles. The second-order valence-electron chi connectivity index (χ2n) is 4.16. The third-order valence-corrected chi connectivity index (χ3v) is 2.20. The van der Waals surface area contributed by atoms with Crippen LogP contribution in [0.25, 0.3) is 0 Å². The molecule has 16 heavy (non-hydrogen) atoms. The molecule has 1 atom stereocenters. The Morgan fingerprint density at radius 1 is 1.12 bits per heavy atom. The minimum Gasteiger partial charge on any atom is -0.399 e. The Morgan fingerprint density at radius 2 is 1.69 bits per heavy atom. The molecule has 1 unspecified atom stereocenters. The Hall–Kier alpha value is -1.71. The summed E-state index contributed by atoms with van der Waals surface area (Å²) in [5.74, 6) is 0. The van der Waals surface area contributed by atoms with Crippen molar-refractivity contribution >= 4 is 11.7 Å². The first-order chi connectivity index (χ1) is 7.49. The molecule has 4 heteroatoms. The number of carbonyl (C=O) groups excluding carboxylic acids is 1. The molecule has 0 spiro atoms. The summed E-state index contributed by atoms with van der Waals surface area (Å²) in [6.07, 6.45) is 0. The predicted molar refractivity (Wildman–Crippen MR) is 66.1 cm³/mol. The summed E-state index contributed by atoms with van der Waals surface area (Å²) in [4.78, 5) is 11.5. The number of nitrogens with two attached hydrogens (primary N) is 1. The average molecular weight is 221 g/mol. The molecular weight excluding hydrogens is 202 g/mol. The van der Waals surface area contributed by atoms with E-state index in [2.05, 4.69) is 10.6 Å². The number of hydrogen-bond acceptors (Lipinski definition) is 2. The summed E-state index contributed by atoms with van der Waals surface area (Å²) in [5, 5.41) is 5.64. The minimum absolute atomic E-state index is 0.0284. The van der Waals surface area contributed by atoms with Gasteiger partial charge in [0.1, 0.15) is 0 Å². The molecule has 1 rings (SSSR count). The van der Waals surface area contributed by atoms with Crippen molar-refractivity contribution in [3.05, 3.63) is 29.8 Å². The highest BCUT2D eigenvalue weighted by molar-refractivity contribution is 5.74. The van der Waals surface area contributed by atoms with Gasteiger partial charge in [-0.2, -0.15) is 0 Å². The molecule has 0 aliphatic heterocycles. The molecule has 0 radical (unpaired) electrons. The predicted octanol–water partition coefficient (Wildman–Crippen LogP) is 2.04. The van der Waals surface area contributed by atoms with Gasteiger partial charge in [-0.3, -0.25) is 0 Å². The van der Waals surface area contributed by atoms with E-state index in [1.54, 1.807) is 0 Å². The van der Waals surface area contributed by atoms with E-state index in [0.717, 1.165) is 11.3 Å². The van der Waals surface area contributed by atoms with Gasteiger partial charge < -0.3 is 16.4 Å². The van der Waals surface area contributed by atoms with Crippen LogP contribution < -0.4 is 16.4 Å². The first kappa shape index (κ1) is 12.4. The van der Waals surface area contributed by atoms with E-state index in [4.69, 9.17) is 5.73 Å². The number of urea groups is 1. The van der Waals surface area contributed by atoms with E-state index < -0.39 is 0 Å². The fraction of sp³-hybridized carbons (Fsp3) is 0.417. The van der Waals surface area contributed by atoms with E-state index in [0.29, 0.717) is 0 Å². The smallest absolute Gasteiger partial charge is 0.315 e. The summed E-state index contributed by atoms with van der Waals surface area (Å²) < 4.78 is 0. The number of anilines is 1. The summed E-state index contributed by atoms with van der Waals surface area (Å²) in [6.45, 7) is 5.78. The second-order valence-corrected chi connectivity index (χ2v) is 4.16. The van der Waals surface area contributed by atoms with Gasteiger partial charge >= 0.3 is 6.03 Å². The highest BCUT2D eigenvalue weighted by atomic mass is 16.2. The summed E-state index contributed by atoms with van der Waals surface area (Å²) in [7, 11) is 0. The first-order valence-corrected chi connectivity index (χ1v) is 5.41. The molecule has 4 N–H and O–H groups in total. The number of amides is 2. The van der Waals surface area contributed by atoms with Gasteiger partial charge in [0.15, 0.2) is 0 Å². The first-order valence-electron chi connectivity index (χ1n) is 5.41. The van der Waals surface area contributed by atoms with Crippen molar-refractivity contribution in [3.8, 4) is 0 Å². The summed E-state index contributed by atoms with van der Waals surface area (Å²) in [5.41, 5.74) is 7.35. The Kier molecular flexibility index (Phi) is 4.17. The number of rotatable bonds is 3. The quantitative estimate of drug-likeness (QED) is 0.684. The van der Waals surface area contributed by atoms with Crippen LogP contribution in [0.3, 0.4) is 0 Å². The van der Waals surface area contributed by atoms with Gasteiger partial charge in [0.05, 0.1) is 6.04 Å². The van der Waals surface area contributed by atoms with Crippen LogP contribution in [-0.4, -0.2) is 12.1 Å². The van der Waals surface area contributed by atoms with Crippen molar-refractivity contribution in [2.24, 2.45) is 0 Å². The van der Waals surface area contributed by atoms with Gasteiger partial charge in [-0.15, -0.1) is 0 Å². The van der Waals surface area contributed by atoms with Crippen molar-refractivity contribution < 1.29 is 4.79 Å². The number of benzene rings is 1. The molecule has 0 aliphatic rings. The molecule has 88 valence electrons. The monoisotopic (exact) mass is 221 g/mol. The third-order valence-electron chi connectivity index (χ3n) is 2.20. The van der Waals surface area contributed by atoms with E-state index in [1.165, 1.54) is 0 Å². The van der Waals surface area contributed by atoms with Crippen LogP contribution in [0, 0.1) is 0 Å². The zero-order valence-corrected chi connectivity index (χ0v) is 9.95. The molecule has 2 amide bonds. The van der Waals surface area contributed by atoms with Crippen molar-refractivity contribution in [2.45, 2.75) is 32.9 Å². The van der Waals surface area contributed by atoms with Crippen LogP contribution in [-0.2, 0) is 0 Å². The van der Waals surface area contributed by atoms with Gasteiger partial charge in [0.25, 0.3) is 0 Å². The van der Waals surface area contributed by atoms with Gasteiger partial charge in [-0.05, 0) is 38.5 Å². The maximum atomic E-state index is 11.5. The zero-order chi connectivity index (χ0) is 12.1. The number of nitrogens with one attached hydrogen (secondary N) is 2. The Labute approximate surface area is 96.2 Å². The SMILES string of the molecule is CC(C)NC(=O)NC(C)c1ccc(N)cc1. The molecule has 0 saturated heterocycles. The zero-order valence-electron chi connectivity index (χ0n) is 9.95. The van der Waals surface area contributed by atoms with E-state index >= 15 is 0 Å². The van der Waals surface area contributed by atoms with Gasteiger partial charge in [0, 0.05) is 11.7 Å². The Bertz CT molecular complexity index is 346. The van der Waals surface area contributed by atoms with Gasteiger partial charge in [0.2, 0.25) is 0 Å². The van der Waals surface area contributed by atoms with Crippen LogP contribution in [0.15, 0.2) is 24.3 Å². The van der Waals surface area contributed by atoms with E-state index in [-0.39, 0.29) is 18.1 Å². The molecule has 0 aliphatic carbocycles. The molecule has 1 aromatic rings. The molecule has 0 saturated carbocycles. The third kappa shape index (κ3) is 3.81. The normalized spacial score (nSPS) is 12.2. The van der Waals surface area contributed by atoms with Crippen LogP contribution >= 0.6 is 0 Å². The lowest BCUT2D eigenvalue weighted by Crippen LogP contribution is -2.40. The molecular formula is C12H19N3O. The maximum absolute atomic E-state index is 11.5. The second kappa shape index (κ2) is 5.39. The fourth-order valence-electron chi connectivity index (χ4n) is 1.37. The molecule has 0 fully saturated rings. The Balaban J connectivity index is 2.55. The highest BCUT2D eigenvalue weighted by Gasteiger charge is 2.09. The summed E-state index contributed by atoms with van der Waals surface area (Å²) in [6, 6.07) is 7.44. The fourth-order valence-corrected chi connectivity index (χ4v) is 1.37. The average Bonchev–Trinajstić information content (AvgIpc) is 2.16. The Morgan fingerprint density at radius 3 is 2.19 bits per heavy atom. The minimum atomic E-state index is -0.153. The van der Waals surface area contributed by atoms with Crippen LogP contribution in [0.4, 0.5) is 10.5 Å². The van der Waals surface area contributed by atoms with Crippen LogP contribution in [0.2, 0.25) is 0 Å². The molecule has 0 bridgehead atoms. The van der Waals surface area contributed by atoms with Crippen molar-refractivity contribution in [3.63, 3.8) is 0 Å². The lowest BCUT2D eigenvalue weighted by molar-refractivity contribution is 0.235. The van der Waals surface area contributed by atoms with Crippen molar-refractivity contribution in [1.82, 2.24) is 10.6 Å². The molecule has 4 nitrogen and oxygen atoms in total. The molecule has 0 heterocycles. The van der Waals surface area contributed by atoms with Gasteiger partial charge in [-0.25, -0.2) is 4.79 Å². The largest absolute Gasteiger partial charge is 0.399 e. The maximum Gasteiger partial charge on any atom is 0.315 e. The lowest BCUT2D eigenvalue weighted by Gasteiger charge is -2.16. The standard InChI is InChI=1S/C12H19N3O/c1-8(2)14-12(16)15-9(3)10-4-6-11(13)7-5-10/h4-9H,13H2,1-3H3,(H2,14,15,16). The van der Waals surface area contributed by atoms with Gasteiger partial charge in [-0.1, -0.05) is 12.1 Å².